The summed E-state index contributed by atoms with van der Waals surface area (Å²) in [4.78, 5) is 14.3. The highest BCUT2D eigenvalue weighted by atomic mass is 79.9. The molecule has 1 amide bonds. The van der Waals surface area contributed by atoms with Gasteiger partial charge in [-0.05, 0) is 47.1 Å². The molecule has 0 bridgehead atoms. The number of nitrogens with zero attached hydrogens (tertiary/aromatic N) is 3. The minimum atomic E-state index is -3.53. The second-order valence-electron chi connectivity index (χ2n) is 6.33. The van der Waals surface area contributed by atoms with Crippen LogP contribution in [-0.4, -0.2) is 59.9 Å². The molecular formula is C17H17BrN4O4S2. The lowest BCUT2D eigenvalue weighted by Crippen LogP contribution is -2.50. The van der Waals surface area contributed by atoms with Crippen molar-refractivity contribution in [2.75, 3.05) is 26.2 Å². The fourth-order valence-electron chi connectivity index (χ4n) is 2.99. The molecule has 3 aromatic heterocycles. The number of hydrogen-bond acceptors (Lipinski definition) is 6. The Morgan fingerprint density at radius 2 is 1.96 bits per heavy atom. The molecule has 0 atom stereocenters. The normalized spacial score (nSPS) is 15.9. The topological polar surface area (TPSA) is 99.5 Å². The Hall–Kier alpha value is -1.95. The Morgan fingerprint density at radius 1 is 1.21 bits per heavy atom. The van der Waals surface area contributed by atoms with E-state index < -0.39 is 10.0 Å². The molecule has 1 saturated heterocycles. The second kappa shape index (κ2) is 7.47. The SMILES string of the molecule is Cc1ccc(-c2cc(C(=O)N3CCN(S(=O)(=O)c4ccc(Br)s4)CC3)n[nH]2)o1. The van der Waals surface area contributed by atoms with Crippen molar-refractivity contribution in [3.63, 3.8) is 0 Å². The number of furan rings is 1. The summed E-state index contributed by atoms with van der Waals surface area (Å²) >= 11 is 4.47. The molecule has 8 nitrogen and oxygen atoms in total. The summed E-state index contributed by atoms with van der Waals surface area (Å²) in [5.74, 6) is 1.15. The Kier molecular flexibility index (Phi) is 5.17. The summed E-state index contributed by atoms with van der Waals surface area (Å²) in [6.45, 7) is 2.96. The third-order valence-corrected chi connectivity index (χ3v) is 8.46. The van der Waals surface area contributed by atoms with Crippen LogP contribution in [0.1, 0.15) is 16.2 Å². The Balaban J connectivity index is 1.42. The first kappa shape index (κ1) is 19.4. The molecule has 1 fully saturated rings. The standard InChI is InChI=1S/C17H17BrN4O4S2/c1-11-2-3-14(26-11)12-10-13(20-19-12)17(23)21-6-8-22(9-7-21)28(24,25)16-5-4-15(18)27-16/h2-5,10H,6-9H2,1H3,(H,19,20). The van der Waals surface area contributed by atoms with E-state index >= 15 is 0 Å². The minimum absolute atomic E-state index is 0.235. The average molecular weight is 485 g/mol. The number of aromatic nitrogens is 2. The number of carbonyl (C=O) groups is 1. The highest BCUT2D eigenvalue weighted by molar-refractivity contribution is 9.11. The van der Waals surface area contributed by atoms with Gasteiger partial charge in [-0.25, -0.2) is 8.42 Å². The van der Waals surface area contributed by atoms with E-state index in [1.165, 1.54) is 15.6 Å². The zero-order valence-electron chi connectivity index (χ0n) is 14.9. The minimum Gasteiger partial charge on any atom is -0.460 e. The van der Waals surface area contributed by atoms with Gasteiger partial charge in [0.05, 0.1) is 3.79 Å². The molecule has 0 unspecified atom stereocenters. The molecule has 0 aromatic carbocycles. The number of amides is 1. The number of aryl methyl sites for hydroxylation is 1. The van der Waals surface area contributed by atoms with Crippen molar-refractivity contribution in [3.05, 3.63) is 45.6 Å². The van der Waals surface area contributed by atoms with E-state index in [1.54, 1.807) is 23.1 Å². The molecule has 0 saturated carbocycles. The van der Waals surface area contributed by atoms with Crippen molar-refractivity contribution in [1.29, 1.82) is 0 Å². The van der Waals surface area contributed by atoms with Crippen LogP contribution in [0.15, 0.2) is 42.7 Å². The molecule has 3 aromatic rings. The number of thiophene rings is 1. The van der Waals surface area contributed by atoms with Crippen LogP contribution >= 0.6 is 27.3 Å². The fourth-order valence-corrected chi connectivity index (χ4v) is 6.58. The molecule has 1 aliphatic heterocycles. The number of carbonyl (C=O) groups excluding carboxylic acids is 1. The Morgan fingerprint density at radius 3 is 2.57 bits per heavy atom. The summed E-state index contributed by atoms with van der Waals surface area (Å²) in [5.41, 5.74) is 0.906. The van der Waals surface area contributed by atoms with Crippen LogP contribution in [0.2, 0.25) is 0 Å². The van der Waals surface area contributed by atoms with Crippen LogP contribution in [0.5, 0.6) is 0 Å². The molecule has 4 heterocycles. The average Bonchev–Trinajstić information content (AvgIpc) is 3.42. The van der Waals surface area contributed by atoms with E-state index in [1.807, 2.05) is 19.1 Å². The third kappa shape index (κ3) is 3.66. The second-order valence-corrected chi connectivity index (χ2v) is 11.0. The third-order valence-electron chi connectivity index (χ3n) is 4.47. The van der Waals surface area contributed by atoms with Gasteiger partial charge in [0.25, 0.3) is 15.9 Å². The maximum absolute atomic E-state index is 12.7. The van der Waals surface area contributed by atoms with Crippen LogP contribution in [0.4, 0.5) is 0 Å². The van der Waals surface area contributed by atoms with Crippen LogP contribution in [0.3, 0.4) is 0 Å². The highest BCUT2D eigenvalue weighted by Crippen LogP contribution is 2.29. The Bertz CT molecular complexity index is 1110. The van der Waals surface area contributed by atoms with E-state index in [4.69, 9.17) is 4.42 Å². The smallest absolute Gasteiger partial charge is 0.274 e. The first-order chi connectivity index (χ1) is 13.3. The van der Waals surface area contributed by atoms with Gasteiger partial charge in [-0.3, -0.25) is 9.89 Å². The Labute approximate surface area is 174 Å². The molecule has 148 valence electrons. The highest BCUT2D eigenvalue weighted by Gasteiger charge is 2.32. The number of piperazine rings is 1. The molecule has 28 heavy (non-hydrogen) atoms. The van der Waals surface area contributed by atoms with Crippen LogP contribution in [0, 0.1) is 6.92 Å². The molecule has 0 radical (unpaired) electrons. The maximum Gasteiger partial charge on any atom is 0.274 e. The van der Waals surface area contributed by atoms with E-state index in [-0.39, 0.29) is 24.7 Å². The van der Waals surface area contributed by atoms with Gasteiger partial charge in [0, 0.05) is 32.2 Å². The molecule has 1 N–H and O–H groups in total. The van der Waals surface area contributed by atoms with Crippen LogP contribution in [0.25, 0.3) is 11.5 Å². The van der Waals surface area contributed by atoms with Gasteiger partial charge >= 0.3 is 0 Å². The zero-order valence-corrected chi connectivity index (χ0v) is 18.1. The molecule has 0 spiro atoms. The molecule has 0 aliphatic carbocycles. The number of rotatable bonds is 4. The zero-order chi connectivity index (χ0) is 19.9. The van der Waals surface area contributed by atoms with Crippen molar-refractivity contribution < 1.29 is 17.6 Å². The van der Waals surface area contributed by atoms with Crippen molar-refractivity contribution in [2.45, 2.75) is 11.1 Å². The summed E-state index contributed by atoms with van der Waals surface area (Å²) in [7, 11) is -3.53. The van der Waals surface area contributed by atoms with Gasteiger partial charge in [-0.15, -0.1) is 11.3 Å². The van der Waals surface area contributed by atoms with E-state index in [9.17, 15) is 13.2 Å². The number of sulfonamides is 1. The number of nitrogens with one attached hydrogen (secondary N) is 1. The van der Waals surface area contributed by atoms with Crippen LogP contribution < -0.4 is 0 Å². The molecule has 1 aliphatic rings. The first-order valence-corrected chi connectivity index (χ1v) is 11.6. The monoisotopic (exact) mass is 484 g/mol. The molecule has 11 heteroatoms. The quantitative estimate of drug-likeness (QED) is 0.613. The lowest BCUT2D eigenvalue weighted by Gasteiger charge is -2.33. The lowest BCUT2D eigenvalue weighted by molar-refractivity contribution is 0.0692. The summed E-state index contributed by atoms with van der Waals surface area (Å²) in [6, 6.07) is 8.59. The van der Waals surface area contributed by atoms with E-state index in [0.29, 0.717) is 28.8 Å². The van der Waals surface area contributed by atoms with Crippen LogP contribution in [-0.2, 0) is 10.0 Å². The molecule has 4 rings (SSSR count). The predicted octanol–water partition coefficient (Wildman–Crippen LogP) is 2.95. The van der Waals surface area contributed by atoms with Gasteiger partial charge in [0.15, 0.2) is 11.5 Å². The first-order valence-electron chi connectivity index (χ1n) is 8.51. The number of aromatic amines is 1. The van der Waals surface area contributed by atoms with Crippen molar-refractivity contribution in [3.8, 4) is 11.5 Å². The van der Waals surface area contributed by atoms with Gasteiger partial charge in [0.1, 0.15) is 15.7 Å². The largest absolute Gasteiger partial charge is 0.460 e. The predicted molar refractivity (Wildman–Crippen MR) is 108 cm³/mol. The number of halogens is 1. The van der Waals surface area contributed by atoms with Crippen molar-refractivity contribution in [1.82, 2.24) is 19.4 Å². The van der Waals surface area contributed by atoms with Gasteiger partial charge in [-0.2, -0.15) is 9.40 Å². The van der Waals surface area contributed by atoms with Gasteiger partial charge in [0.2, 0.25) is 0 Å². The van der Waals surface area contributed by atoms with E-state index in [0.717, 1.165) is 9.55 Å². The van der Waals surface area contributed by atoms with Crippen molar-refractivity contribution in [2.24, 2.45) is 0 Å². The summed E-state index contributed by atoms with van der Waals surface area (Å²) in [5, 5.41) is 6.90. The summed E-state index contributed by atoms with van der Waals surface area (Å²) in [6.07, 6.45) is 0. The van der Waals surface area contributed by atoms with Gasteiger partial charge in [-0.1, -0.05) is 0 Å². The fraction of sp³-hybridized carbons (Fsp3) is 0.294. The number of hydrogen-bond donors (Lipinski definition) is 1. The lowest BCUT2D eigenvalue weighted by atomic mass is 10.2. The molecular weight excluding hydrogens is 468 g/mol. The van der Waals surface area contributed by atoms with E-state index in [2.05, 4.69) is 26.1 Å². The van der Waals surface area contributed by atoms with Crippen molar-refractivity contribution >= 4 is 43.2 Å². The summed E-state index contributed by atoms with van der Waals surface area (Å²) < 4.78 is 33.4. The maximum atomic E-state index is 12.7. The van der Waals surface area contributed by atoms with Gasteiger partial charge < -0.3 is 9.32 Å². The number of H-pyrrole nitrogens is 1.